The second-order valence-electron chi connectivity index (χ2n) is 7.69. The molecule has 1 aromatic carbocycles. The Kier molecular flexibility index (Phi) is 8.10. The van der Waals surface area contributed by atoms with Gasteiger partial charge in [0.2, 0.25) is 0 Å². The maximum absolute atomic E-state index is 12.6. The zero-order valence-electron chi connectivity index (χ0n) is 16.2. The van der Waals surface area contributed by atoms with Crippen LogP contribution in [-0.2, 0) is 20.9 Å². The molecule has 0 fully saturated rings. The standard InChI is InChI=1S/C20H31NO4/c1-14(2)12-17(22)18(21-19(23)25-20(4,5)6)15(3)24-13-16-10-8-7-9-11-16/h7-11,14-15,18H,12-13H2,1-6H3,(H,21,23)/t15-,18+/m0/s1. The molecule has 0 aromatic heterocycles. The smallest absolute Gasteiger partial charge is 0.408 e. The molecule has 0 spiro atoms. The van der Waals surface area contributed by atoms with E-state index in [0.29, 0.717) is 13.0 Å². The third kappa shape index (κ3) is 8.68. The van der Waals surface area contributed by atoms with E-state index in [1.54, 1.807) is 27.7 Å². The quantitative estimate of drug-likeness (QED) is 0.767. The summed E-state index contributed by atoms with van der Waals surface area (Å²) in [5, 5.41) is 2.68. The van der Waals surface area contributed by atoms with Gasteiger partial charge in [-0.1, -0.05) is 44.2 Å². The van der Waals surface area contributed by atoms with Gasteiger partial charge < -0.3 is 14.8 Å². The minimum absolute atomic E-state index is 0.0542. The van der Waals surface area contributed by atoms with Crippen LogP contribution in [0.2, 0.25) is 0 Å². The van der Waals surface area contributed by atoms with Gasteiger partial charge in [0.25, 0.3) is 0 Å². The van der Waals surface area contributed by atoms with Gasteiger partial charge in [0.1, 0.15) is 11.6 Å². The van der Waals surface area contributed by atoms with Crippen molar-refractivity contribution in [2.24, 2.45) is 5.92 Å². The lowest BCUT2D eigenvalue weighted by atomic mass is 9.98. The lowest BCUT2D eigenvalue weighted by Crippen LogP contribution is -2.50. The molecule has 0 radical (unpaired) electrons. The number of ketones is 1. The number of rotatable bonds is 8. The number of nitrogens with one attached hydrogen (secondary N) is 1. The number of carbonyl (C=O) groups excluding carboxylic acids is 2. The third-order valence-electron chi connectivity index (χ3n) is 3.45. The van der Waals surface area contributed by atoms with Crippen LogP contribution in [0.1, 0.15) is 53.5 Å². The number of benzene rings is 1. The first kappa shape index (κ1) is 21.2. The van der Waals surface area contributed by atoms with E-state index in [9.17, 15) is 9.59 Å². The second kappa shape index (κ2) is 9.56. The lowest BCUT2D eigenvalue weighted by Gasteiger charge is -2.27. The maximum atomic E-state index is 12.6. The van der Waals surface area contributed by atoms with Gasteiger partial charge in [0, 0.05) is 6.42 Å². The molecule has 2 atom stereocenters. The molecule has 0 aliphatic carbocycles. The minimum atomic E-state index is -0.735. The summed E-state index contributed by atoms with van der Waals surface area (Å²) < 4.78 is 11.1. The average molecular weight is 349 g/mol. The number of amides is 1. The molecule has 1 rings (SSSR count). The molecule has 0 aliphatic heterocycles. The normalized spacial score (nSPS) is 14.0. The summed E-state index contributed by atoms with van der Waals surface area (Å²) in [6.07, 6.45) is -0.691. The molecule has 5 nitrogen and oxygen atoms in total. The van der Waals surface area contributed by atoms with Gasteiger partial charge in [-0.05, 0) is 39.2 Å². The van der Waals surface area contributed by atoms with E-state index < -0.39 is 23.8 Å². The van der Waals surface area contributed by atoms with Gasteiger partial charge >= 0.3 is 6.09 Å². The summed E-state index contributed by atoms with van der Waals surface area (Å²) in [5.74, 6) is 0.151. The number of hydrogen-bond donors (Lipinski definition) is 1. The molecule has 0 heterocycles. The fourth-order valence-electron chi connectivity index (χ4n) is 2.32. The van der Waals surface area contributed by atoms with E-state index in [1.807, 2.05) is 44.2 Å². The van der Waals surface area contributed by atoms with E-state index in [4.69, 9.17) is 9.47 Å². The van der Waals surface area contributed by atoms with Gasteiger partial charge in [0.05, 0.1) is 12.7 Å². The first-order valence-corrected chi connectivity index (χ1v) is 8.76. The largest absolute Gasteiger partial charge is 0.444 e. The summed E-state index contributed by atoms with van der Waals surface area (Å²) in [6.45, 7) is 11.5. The SMILES string of the molecule is CC(C)CC(=O)[C@H](NC(=O)OC(C)(C)C)[C@H](C)OCc1ccccc1. The van der Waals surface area contributed by atoms with Gasteiger partial charge in [0.15, 0.2) is 5.78 Å². The van der Waals surface area contributed by atoms with E-state index in [2.05, 4.69) is 5.32 Å². The van der Waals surface area contributed by atoms with Crippen molar-refractivity contribution in [3.63, 3.8) is 0 Å². The third-order valence-corrected chi connectivity index (χ3v) is 3.45. The van der Waals surface area contributed by atoms with Gasteiger partial charge in [-0.3, -0.25) is 4.79 Å². The zero-order valence-corrected chi connectivity index (χ0v) is 16.2. The molecule has 0 bridgehead atoms. The second-order valence-corrected chi connectivity index (χ2v) is 7.69. The summed E-state index contributed by atoms with van der Waals surface area (Å²) in [7, 11) is 0. The Bertz CT molecular complexity index is 549. The maximum Gasteiger partial charge on any atom is 0.408 e. The summed E-state index contributed by atoms with van der Waals surface area (Å²) in [4.78, 5) is 24.7. The molecular weight excluding hydrogens is 318 g/mol. The first-order valence-electron chi connectivity index (χ1n) is 8.76. The van der Waals surface area contributed by atoms with Gasteiger partial charge in [-0.25, -0.2) is 4.79 Å². The van der Waals surface area contributed by atoms with Crippen molar-refractivity contribution in [2.45, 2.75) is 72.3 Å². The highest BCUT2D eigenvalue weighted by Crippen LogP contribution is 2.13. The Morgan fingerprint density at radius 1 is 1.08 bits per heavy atom. The number of Topliss-reactive ketones (excluding diaryl/α,β-unsaturated/α-hetero) is 1. The molecule has 0 saturated carbocycles. The first-order chi connectivity index (χ1) is 11.6. The van der Waals surface area contributed by atoms with E-state index in [1.165, 1.54) is 0 Å². The van der Waals surface area contributed by atoms with Crippen molar-refractivity contribution in [3.05, 3.63) is 35.9 Å². The molecule has 0 saturated heterocycles. The van der Waals surface area contributed by atoms with Crippen LogP contribution >= 0.6 is 0 Å². The predicted octanol–water partition coefficient (Wildman–Crippen LogP) is 4.10. The summed E-state index contributed by atoms with van der Waals surface area (Å²) >= 11 is 0. The molecule has 140 valence electrons. The van der Waals surface area contributed by atoms with Crippen molar-refractivity contribution in [2.75, 3.05) is 0 Å². The number of carbonyl (C=O) groups is 2. The molecule has 1 amide bonds. The van der Waals surface area contributed by atoms with Crippen LogP contribution in [0.25, 0.3) is 0 Å². The van der Waals surface area contributed by atoms with E-state index in [0.717, 1.165) is 5.56 Å². The predicted molar refractivity (Wildman–Crippen MR) is 98.3 cm³/mol. The lowest BCUT2D eigenvalue weighted by molar-refractivity contribution is -0.125. The van der Waals surface area contributed by atoms with Crippen LogP contribution in [0.15, 0.2) is 30.3 Å². The van der Waals surface area contributed by atoms with Crippen LogP contribution in [0.5, 0.6) is 0 Å². The summed E-state index contributed by atoms with van der Waals surface area (Å²) in [5.41, 5.74) is 0.394. The molecule has 5 heteroatoms. The Hall–Kier alpha value is -1.88. The Morgan fingerprint density at radius 3 is 2.20 bits per heavy atom. The van der Waals surface area contributed by atoms with Crippen molar-refractivity contribution < 1.29 is 19.1 Å². The minimum Gasteiger partial charge on any atom is -0.444 e. The highest BCUT2D eigenvalue weighted by Gasteiger charge is 2.29. The highest BCUT2D eigenvalue weighted by molar-refractivity contribution is 5.88. The van der Waals surface area contributed by atoms with E-state index >= 15 is 0 Å². The van der Waals surface area contributed by atoms with E-state index in [-0.39, 0.29) is 11.7 Å². The number of ether oxygens (including phenoxy) is 2. The molecular formula is C20H31NO4. The van der Waals surface area contributed by atoms with Crippen molar-refractivity contribution in [1.82, 2.24) is 5.32 Å². The highest BCUT2D eigenvalue weighted by atomic mass is 16.6. The molecule has 1 N–H and O–H groups in total. The van der Waals surface area contributed by atoms with Gasteiger partial charge in [-0.2, -0.15) is 0 Å². The Balaban J connectivity index is 2.74. The fourth-order valence-corrected chi connectivity index (χ4v) is 2.32. The number of alkyl carbamates (subject to hydrolysis) is 1. The topological polar surface area (TPSA) is 64.6 Å². The Labute approximate surface area is 151 Å². The van der Waals surface area contributed by atoms with Crippen molar-refractivity contribution >= 4 is 11.9 Å². The summed E-state index contributed by atoms with van der Waals surface area (Å²) in [6, 6.07) is 8.98. The van der Waals surface area contributed by atoms with Crippen LogP contribution in [0, 0.1) is 5.92 Å². The zero-order chi connectivity index (χ0) is 19.0. The fraction of sp³-hybridized carbons (Fsp3) is 0.600. The average Bonchev–Trinajstić information content (AvgIpc) is 2.48. The van der Waals surface area contributed by atoms with Crippen LogP contribution < -0.4 is 5.32 Å². The Morgan fingerprint density at radius 2 is 1.68 bits per heavy atom. The molecule has 0 aliphatic rings. The monoisotopic (exact) mass is 349 g/mol. The molecule has 0 unspecified atom stereocenters. The van der Waals surface area contributed by atoms with Gasteiger partial charge in [-0.15, -0.1) is 0 Å². The van der Waals surface area contributed by atoms with Crippen LogP contribution in [-0.4, -0.2) is 29.6 Å². The molecule has 25 heavy (non-hydrogen) atoms. The molecule has 1 aromatic rings. The van der Waals surface area contributed by atoms with Crippen molar-refractivity contribution in [1.29, 1.82) is 0 Å². The number of hydrogen-bond acceptors (Lipinski definition) is 4. The van der Waals surface area contributed by atoms with Crippen molar-refractivity contribution in [3.8, 4) is 0 Å². The van der Waals surface area contributed by atoms with Crippen LogP contribution in [0.3, 0.4) is 0 Å². The van der Waals surface area contributed by atoms with Crippen LogP contribution in [0.4, 0.5) is 4.79 Å².